The minimum absolute atomic E-state index is 0.0476. The maximum Gasteiger partial charge on any atom is 0.253 e. The van der Waals surface area contributed by atoms with Gasteiger partial charge in [0.1, 0.15) is 22.3 Å². The average Bonchev–Trinajstić information content (AvgIpc) is 3.58. The summed E-state index contributed by atoms with van der Waals surface area (Å²) in [5.74, 6) is -0.553. The number of nitrogens with one attached hydrogen (secondary N) is 3. The molecule has 0 saturated carbocycles. The minimum Gasteiger partial charge on any atom is -0.507 e. The number of likely N-dealkylation sites (tertiary alicyclic amines) is 2. The first-order valence-corrected chi connectivity index (χ1v) is 12.7. The molecule has 0 radical (unpaired) electrons. The second-order valence-electron chi connectivity index (χ2n) is 9.55. The molecule has 0 spiro atoms. The summed E-state index contributed by atoms with van der Waals surface area (Å²) in [6.07, 6.45) is 6.40. The van der Waals surface area contributed by atoms with Crippen LogP contribution in [0.4, 0.5) is 0 Å². The van der Waals surface area contributed by atoms with Crippen LogP contribution in [0, 0.1) is 0 Å². The third kappa shape index (κ3) is 5.05. The Balaban J connectivity index is 1.46. The molecular weight excluding hydrogens is 460 g/mol. The zero-order chi connectivity index (χ0) is 25.1. The Hall–Kier alpha value is -3.50. The van der Waals surface area contributed by atoms with Gasteiger partial charge in [0, 0.05) is 38.4 Å². The summed E-state index contributed by atoms with van der Waals surface area (Å²) in [5.41, 5.74) is -0.0178. The van der Waals surface area contributed by atoms with Gasteiger partial charge in [0.15, 0.2) is 0 Å². The molecule has 10 heteroatoms. The van der Waals surface area contributed by atoms with Crippen LogP contribution in [0.15, 0.2) is 27.8 Å². The van der Waals surface area contributed by atoms with Crippen LogP contribution in [-0.2, 0) is 0 Å². The number of benzene rings is 2. The topological polar surface area (TPSA) is 131 Å². The second kappa shape index (κ2) is 10.6. The van der Waals surface area contributed by atoms with Crippen LogP contribution >= 0.6 is 0 Å². The molecule has 3 heterocycles. The highest BCUT2D eigenvalue weighted by atomic mass is 16.3. The van der Waals surface area contributed by atoms with Crippen molar-refractivity contribution in [1.29, 1.82) is 0 Å². The third-order valence-electron chi connectivity index (χ3n) is 7.07. The first-order valence-electron chi connectivity index (χ1n) is 12.7. The second-order valence-corrected chi connectivity index (χ2v) is 9.55. The van der Waals surface area contributed by atoms with Crippen molar-refractivity contribution < 1.29 is 9.90 Å². The van der Waals surface area contributed by atoms with Crippen LogP contribution in [0.1, 0.15) is 36.0 Å². The molecule has 4 N–H and O–H groups in total. The number of hydrogen-bond acceptors (Lipinski definition) is 8. The highest BCUT2D eigenvalue weighted by Crippen LogP contribution is 2.15. The summed E-state index contributed by atoms with van der Waals surface area (Å²) in [4.78, 5) is 50.5. The van der Waals surface area contributed by atoms with E-state index in [4.69, 9.17) is 0 Å². The lowest BCUT2D eigenvalue weighted by Gasteiger charge is -2.15. The normalized spacial score (nSPS) is 17.4. The van der Waals surface area contributed by atoms with E-state index in [0.717, 1.165) is 45.3 Å². The molecule has 3 aromatic rings. The number of rotatable bonds is 8. The molecule has 1 amide bonds. The molecule has 190 valence electrons. The van der Waals surface area contributed by atoms with Gasteiger partial charge in [0.2, 0.25) is 10.9 Å². The Kier molecular flexibility index (Phi) is 7.15. The molecular formula is C26H32N6O4. The number of fused-ring (bicyclic) bond motifs is 2. The molecule has 2 fully saturated rings. The summed E-state index contributed by atoms with van der Waals surface area (Å²) < 4.78 is 0. The number of aromatic nitrogens is 2. The van der Waals surface area contributed by atoms with Crippen LogP contribution in [0.2, 0.25) is 0 Å². The van der Waals surface area contributed by atoms with E-state index < -0.39 is 5.43 Å². The first kappa shape index (κ1) is 24.2. The van der Waals surface area contributed by atoms with Crippen molar-refractivity contribution in [1.82, 2.24) is 30.4 Å². The molecule has 2 aliphatic rings. The number of hydrogen-bond donors (Lipinski definition) is 4. The molecule has 2 aromatic carbocycles. The average molecular weight is 493 g/mol. The Morgan fingerprint density at radius 3 is 2.31 bits per heavy atom. The standard InChI is InChI=1S/C26H32N6O4/c33-19-6-5-17(26(36)28-8-14-32-11-3-4-12-32)22-24(19)30-23-18(20(34)15-21(35)25(23)29-22)16-27-7-13-31-9-1-2-10-31/h5-6,15-16,27,29,34H,1-4,7-14H2,(H,28,36)/b18-16-. The summed E-state index contributed by atoms with van der Waals surface area (Å²) >= 11 is 0. The largest absolute Gasteiger partial charge is 0.507 e. The quantitative estimate of drug-likeness (QED) is 0.258. The van der Waals surface area contributed by atoms with E-state index in [0.29, 0.717) is 18.3 Å². The zero-order valence-corrected chi connectivity index (χ0v) is 20.3. The van der Waals surface area contributed by atoms with E-state index in [2.05, 4.69) is 30.4 Å². The molecule has 1 aromatic heterocycles. The van der Waals surface area contributed by atoms with Crippen molar-refractivity contribution in [2.75, 3.05) is 52.4 Å². The Bertz CT molecular complexity index is 1440. The predicted molar refractivity (Wildman–Crippen MR) is 139 cm³/mol. The lowest BCUT2D eigenvalue weighted by molar-refractivity contribution is 0.0951. The fraction of sp³-hybridized carbons (Fsp3) is 0.462. The van der Waals surface area contributed by atoms with Gasteiger partial charge in [0.25, 0.3) is 5.91 Å². The first-order chi connectivity index (χ1) is 17.5. The Morgan fingerprint density at radius 1 is 0.944 bits per heavy atom. The SMILES string of the molecule is O=C(NCCN1CCCC1)c1ccc(=O)c2nc3/c(=C\NCCN4CCCC4)c(O)cc(=O)c3[nH]c12. The van der Waals surface area contributed by atoms with Crippen molar-refractivity contribution in [3.63, 3.8) is 0 Å². The maximum atomic E-state index is 13.0. The van der Waals surface area contributed by atoms with Crippen molar-refractivity contribution in [3.05, 3.63) is 49.4 Å². The van der Waals surface area contributed by atoms with Gasteiger partial charge in [-0.25, -0.2) is 4.98 Å². The molecule has 0 unspecified atom stereocenters. The summed E-state index contributed by atoms with van der Waals surface area (Å²) in [5, 5.41) is 16.9. The third-order valence-corrected chi connectivity index (χ3v) is 7.07. The van der Waals surface area contributed by atoms with Crippen molar-refractivity contribution in [2.24, 2.45) is 0 Å². The summed E-state index contributed by atoms with van der Waals surface area (Å²) in [7, 11) is 0. The van der Waals surface area contributed by atoms with Gasteiger partial charge in [-0.15, -0.1) is 0 Å². The smallest absolute Gasteiger partial charge is 0.253 e. The number of carbonyl (C=O) groups is 1. The lowest BCUT2D eigenvalue weighted by Crippen LogP contribution is -2.33. The number of aromatic hydroxyl groups is 1. The van der Waals surface area contributed by atoms with Crippen LogP contribution < -0.4 is 26.7 Å². The number of carbonyl (C=O) groups excluding carboxylic acids is 1. The Labute approximate surface area is 208 Å². The number of nitrogens with zero attached hydrogens (tertiary/aromatic N) is 3. The molecule has 0 bridgehead atoms. The van der Waals surface area contributed by atoms with E-state index in [1.807, 2.05) is 0 Å². The predicted octanol–water partition coefficient (Wildman–Crippen LogP) is 0.110. The molecule has 5 rings (SSSR count). The number of H-pyrrole nitrogens is 1. The van der Waals surface area contributed by atoms with Crippen LogP contribution in [0.25, 0.3) is 28.3 Å². The van der Waals surface area contributed by atoms with Crippen LogP contribution in [0.5, 0.6) is 5.75 Å². The van der Waals surface area contributed by atoms with E-state index >= 15 is 0 Å². The fourth-order valence-electron chi connectivity index (χ4n) is 5.09. The van der Waals surface area contributed by atoms with E-state index in [9.17, 15) is 19.5 Å². The van der Waals surface area contributed by atoms with E-state index in [1.165, 1.54) is 37.8 Å². The zero-order valence-electron chi connectivity index (χ0n) is 20.3. The highest BCUT2D eigenvalue weighted by Gasteiger charge is 2.18. The van der Waals surface area contributed by atoms with Crippen molar-refractivity contribution in [3.8, 4) is 5.75 Å². The van der Waals surface area contributed by atoms with E-state index in [-0.39, 0.29) is 44.7 Å². The number of aromatic amines is 1. The molecule has 2 aliphatic heterocycles. The van der Waals surface area contributed by atoms with Crippen molar-refractivity contribution >= 4 is 34.2 Å². The van der Waals surface area contributed by atoms with Crippen LogP contribution in [-0.4, -0.2) is 83.1 Å². The van der Waals surface area contributed by atoms with Gasteiger partial charge in [-0.1, -0.05) is 0 Å². The lowest BCUT2D eigenvalue weighted by atomic mass is 10.1. The maximum absolute atomic E-state index is 13.0. The molecule has 0 aliphatic carbocycles. The van der Waals surface area contributed by atoms with Crippen LogP contribution in [0.3, 0.4) is 0 Å². The molecule has 36 heavy (non-hydrogen) atoms. The molecule has 2 saturated heterocycles. The molecule has 10 nitrogen and oxygen atoms in total. The van der Waals surface area contributed by atoms with Gasteiger partial charge in [-0.05, 0) is 64.0 Å². The molecule has 0 atom stereocenters. The summed E-state index contributed by atoms with van der Waals surface area (Å²) in [6.45, 7) is 7.06. The minimum atomic E-state index is -0.470. The van der Waals surface area contributed by atoms with Gasteiger partial charge in [-0.2, -0.15) is 0 Å². The van der Waals surface area contributed by atoms with Gasteiger partial charge in [0.05, 0.1) is 16.3 Å². The monoisotopic (exact) mass is 492 g/mol. The number of phenols is 1. The highest BCUT2D eigenvalue weighted by molar-refractivity contribution is 6.06. The van der Waals surface area contributed by atoms with Gasteiger partial charge < -0.3 is 30.5 Å². The van der Waals surface area contributed by atoms with Crippen molar-refractivity contribution in [2.45, 2.75) is 25.7 Å². The fourth-order valence-corrected chi connectivity index (χ4v) is 5.09. The van der Waals surface area contributed by atoms with Gasteiger partial charge >= 0.3 is 0 Å². The van der Waals surface area contributed by atoms with E-state index in [1.54, 1.807) is 6.20 Å². The number of amides is 1. The Morgan fingerprint density at radius 2 is 1.61 bits per heavy atom. The van der Waals surface area contributed by atoms with Gasteiger partial charge in [-0.3, -0.25) is 14.4 Å². The summed E-state index contributed by atoms with van der Waals surface area (Å²) in [6, 6.07) is 3.89. The number of phenolic OH excluding ortho intramolecular Hbond substituents is 1.